The molecule has 0 bridgehead atoms. The van der Waals surface area contributed by atoms with E-state index in [4.69, 9.17) is 11.6 Å². The molecule has 1 fully saturated rings. The van der Waals surface area contributed by atoms with Crippen molar-refractivity contribution >= 4 is 51.9 Å². The lowest BCUT2D eigenvalue weighted by Crippen LogP contribution is -2.49. The summed E-state index contributed by atoms with van der Waals surface area (Å²) in [7, 11) is 0. The highest BCUT2D eigenvalue weighted by molar-refractivity contribution is 7.13. The van der Waals surface area contributed by atoms with Gasteiger partial charge in [0.25, 0.3) is 5.91 Å². The van der Waals surface area contributed by atoms with Crippen LogP contribution in [0.2, 0.25) is 5.02 Å². The van der Waals surface area contributed by atoms with Crippen molar-refractivity contribution in [3.63, 3.8) is 0 Å². The highest BCUT2D eigenvalue weighted by Crippen LogP contribution is 2.18. The number of hydrogen-bond donors (Lipinski definition) is 1. The minimum atomic E-state index is -0.336. The van der Waals surface area contributed by atoms with Crippen molar-refractivity contribution in [1.29, 1.82) is 0 Å². The Bertz CT molecular complexity index is 1340. The molecule has 216 valence electrons. The van der Waals surface area contributed by atoms with Crippen LogP contribution >= 0.6 is 22.9 Å². The zero-order valence-corrected chi connectivity index (χ0v) is 25.0. The smallest absolute Gasteiger partial charge is 0.254 e. The second-order valence-corrected chi connectivity index (χ2v) is 11.7. The summed E-state index contributed by atoms with van der Waals surface area (Å²) in [5.74, 6) is -0.352. The first kappa shape index (κ1) is 30.4. The van der Waals surface area contributed by atoms with E-state index >= 15 is 0 Å². The summed E-state index contributed by atoms with van der Waals surface area (Å²) in [4.78, 5) is 48.9. The maximum atomic E-state index is 13.0. The lowest BCUT2D eigenvalue weighted by atomic mass is 10.1. The van der Waals surface area contributed by atoms with Gasteiger partial charge in [0.05, 0.1) is 12.1 Å². The zero-order chi connectivity index (χ0) is 29.2. The maximum absolute atomic E-state index is 13.0. The van der Waals surface area contributed by atoms with E-state index in [-0.39, 0.29) is 36.6 Å². The van der Waals surface area contributed by atoms with Crippen LogP contribution in [0, 0.1) is 5.92 Å². The number of carbonyl (C=O) groups is 3. The van der Waals surface area contributed by atoms with Crippen molar-refractivity contribution in [2.24, 2.45) is 5.92 Å². The van der Waals surface area contributed by atoms with Gasteiger partial charge in [-0.25, -0.2) is 4.98 Å². The topological polar surface area (TPSA) is 85.8 Å². The number of rotatable bonds is 11. The number of anilines is 1. The standard InChI is InChI=1S/C31H36ClN5O3S/c1-23(2)20-37(30(40)25-10-12-26(32)13-11-25)21-28(38)34-31-33-27(22-41-31)19-29(39)36-17-15-35(16-18-36)14-6-9-24-7-4-3-5-8-24/h3-13,22-23H,14-21H2,1-2H3,(H,33,34,38)/b9-6+. The van der Waals surface area contributed by atoms with E-state index in [2.05, 4.69) is 39.5 Å². The molecule has 1 aliphatic heterocycles. The molecular formula is C31H36ClN5O3S. The Morgan fingerprint density at radius 2 is 1.76 bits per heavy atom. The van der Waals surface area contributed by atoms with Gasteiger partial charge in [-0.15, -0.1) is 11.3 Å². The van der Waals surface area contributed by atoms with Crippen LogP contribution < -0.4 is 5.32 Å². The number of piperazine rings is 1. The van der Waals surface area contributed by atoms with Crippen LogP contribution in [0.4, 0.5) is 5.13 Å². The van der Waals surface area contributed by atoms with Gasteiger partial charge in [-0.3, -0.25) is 19.3 Å². The molecule has 0 saturated carbocycles. The Morgan fingerprint density at radius 1 is 1.05 bits per heavy atom. The SMILES string of the molecule is CC(C)CN(CC(=O)Nc1nc(CC(=O)N2CCN(C/C=C/c3ccccc3)CC2)cs1)C(=O)c1ccc(Cl)cc1. The van der Waals surface area contributed by atoms with Gasteiger partial charge < -0.3 is 15.1 Å². The summed E-state index contributed by atoms with van der Waals surface area (Å²) in [5, 5.41) is 5.54. The molecule has 2 aromatic carbocycles. The number of amides is 3. The van der Waals surface area contributed by atoms with Gasteiger partial charge in [-0.2, -0.15) is 0 Å². The highest BCUT2D eigenvalue weighted by Gasteiger charge is 2.23. The molecule has 0 atom stereocenters. The fraction of sp³-hybridized carbons (Fsp3) is 0.355. The van der Waals surface area contributed by atoms with Crippen molar-refractivity contribution in [3.05, 3.63) is 87.9 Å². The molecule has 0 radical (unpaired) electrons. The molecule has 41 heavy (non-hydrogen) atoms. The predicted octanol–water partition coefficient (Wildman–Crippen LogP) is 4.93. The first-order chi connectivity index (χ1) is 19.8. The van der Waals surface area contributed by atoms with Crippen molar-refractivity contribution in [2.75, 3.05) is 51.1 Å². The van der Waals surface area contributed by atoms with E-state index in [1.807, 2.05) is 36.9 Å². The van der Waals surface area contributed by atoms with E-state index in [9.17, 15) is 14.4 Å². The lowest BCUT2D eigenvalue weighted by molar-refractivity contribution is -0.132. The van der Waals surface area contributed by atoms with Crippen molar-refractivity contribution in [1.82, 2.24) is 19.7 Å². The molecule has 1 aliphatic rings. The van der Waals surface area contributed by atoms with Crippen LogP contribution in [0.25, 0.3) is 6.08 Å². The molecule has 1 saturated heterocycles. The monoisotopic (exact) mass is 593 g/mol. The highest BCUT2D eigenvalue weighted by atomic mass is 35.5. The first-order valence-electron chi connectivity index (χ1n) is 13.8. The molecule has 4 rings (SSSR count). The van der Waals surface area contributed by atoms with E-state index in [1.54, 1.807) is 29.6 Å². The summed E-state index contributed by atoms with van der Waals surface area (Å²) < 4.78 is 0. The van der Waals surface area contributed by atoms with Crippen LogP contribution in [0.5, 0.6) is 0 Å². The van der Waals surface area contributed by atoms with Crippen LogP contribution in [0.1, 0.15) is 35.5 Å². The summed E-state index contributed by atoms with van der Waals surface area (Å²) in [6.07, 6.45) is 4.47. The Balaban J connectivity index is 1.23. The maximum Gasteiger partial charge on any atom is 0.254 e. The molecule has 3 amide bonds. The normalized spacial score (nSPS) is 14.0. The number of nitrogens with one attached hydrogen (secondary N) is 1. The van der Waals surface area contributed by atoms with Gasteiger partial charge in [0.15, 0.2) is 5.13 Å². The number of carbonyl (C=O) groups excluding carboxylic acids is 3. The van der Waals surface area contributed by atoms with E-state index in [0.29, 0.717) is 41.0 Å². The number of hydrogen-bond acceptors (Lipinski definition) is 6. The fourth-order valence-corrected chi connectivity index (χ4v) is 5.41. The number of aromatic nitrogens is 1. The number of benzene rings is 2. The number of halogens is 1. The van der Waals surface area contributed by atoms with Gasteiger partial charge in [0, 0.05) is 55.2 Å². The quantitative estimate of drug-likeness (QED) is 0.341. The molecular weight excluding hydrogens is 558 g/mol. The Labute approximate surface area is 250 Å². The van der Waals surface area contributed by atoms with Gasteiger partial charge in [0.1, 0.15) is 6.54 Å². The van der Waals surface area contributed by atoms with Gasteiger partial charge in [0.2, 0.25) is 11.8 Å². The molecule has 0 unspecified atom stereocenters. The number of thiazole rings is 1. The van der Waals surface area contributed by atoms with Crippen molar-refractivity contribution in [2.45, 2.75) is 20.3 Å². The molecule has 1 N–H and O–H groups in total. The number of nitrogens with zero attached hydrogens (tertiary/aromatic N) is 4. The summed E-state index contributed by atoms with van der Waals surface area (Å²) >= 11 is 7.22. The van der Waals surface area contributed by atoms with Crippen molar-refractivity contribution < 1.29 is 14.4 Å². The van der Waals surface area contributed by atoms with Gasteiger partial charge in [-0.1, -0.05) is 67.9 Å². The summed E-state index contributed by atoms with van der Waals surface area (Å²) in [6, 6.07) is 16.8. The molecule has 2 heterocycles. The summed E-state index contributed by atoms with van der Waals surface area (Å²) in [6.45, 7) is 8.18. The predicted molar refractivity (Wildman–Crippen MR) is 165 cm³/mol. The average molecular weight is 594 g/mol. The molecule has 0 spiro atoms. The molecule has 1 aromatic heterocycles. The Kier molecular flexibility index (Phi) is 11.1. The lowest BCUT2D eigenvalue weighted by Gasteiger charge is -2.34. The van der Waals surface area contributed by atoms with Crippen molar-refractivity contribution in [3.8, 4) is 0 Å². The fourth-order valence-electron chi connectivity index (χ4n) is 4.56. The van der Waals surface area contributed by atoms with Gasteiger partial charge >= 0.3 is 0 Å². The van der Waals surface area contributed by atoms with Crippen LogP contribution in [-0.4, -0.2) is 83.2 Å². The third-order valence-corrected chi connectivity index (χ3v) is 7.69. The largest absolute Gasteiger partial charge is 0.340 e. The third kappa shape index (κ3) is 9.52. The Morgan fingerprint density at radius 3 is 2.44 bits per heavy atom. The van der Waals surface area contributed by atoms with Crippen LogP contribution in [-0.2, 0) is 16.0 Å². The van der Waals surface area contributed by atoms with E-state index in [1.165, 1.54) is 21.8 Å². The van der Waals surface area contributed by atoms with Crippen LogP contribution in [0.15, 0.2) is 66.1 Å². The van der Waals surface area contributed by atoms with Gasteiger partial charge in [-0.05, 0) is 35.7 Å². The second kappa shape index (κ2) is 14.9. The Hall–Kier alpha value is -3.53. The third-order valence-electron chi connectivity index (χ3n) is 6.63. The molecule has 3 aromatic rings. The first-order valence-corrected chi connectivity index (χ1v) is 15.0. The molecule has 0 aliphatic carbocycles. The molecule has 10 heteroatoms. The minimum absolute atomic E-state index is 0.0318. The minimum Gasteiger partial charge on any atom is -0.340 e. The zero-order valence-electron chi connectivity index (χ0n) is 23.5. The van der Waals surface area contributed by atoms with E-state index in [0.717, 1.165) is 19.6 Å². The van der Waals surface area contributed by atoms with Crippen LogP contribution in [0.3, 0.4) is 0 Å². The molecule has 8 nitrogen and oxygen atoms in total. The summed E-state index contributed by atoms with van der Waals surface area (Å²) in [5.41, 5.74) is 2.28. The second-order valence-electron chi connectivity index (χ2n) is 10.4. The van der Waals surface area contributed by atoms with E-state index < -0.39 is 0 Å². The average Bonchev–Trinajstić information content (AvgIpc) is 3.39.